The van der Waals surface area contributed by atoms with Gasteiger partial charge in [-0.15, -0.1) is 0 Å². The van der Waals surface area contributed by atoms with Gasteiger partial charge in [0.1, 0.15) is 12.7 Å². The number of carbonyl (C=O) groups is 1. The van der Waals surface area contributed by atoms with Crippen LogP contribution in [0.4, 0.5) is 0 Å². The van der Waals surface area contributed by atoms with Crippen LogP contribution >= 0.6 is 0 Å². The molecule has 0 aromatic rings. The van der Waals surface area contributed by atoms with Crippen LogP contribution in [0.1, 0.15) is 20.8 Å². The maximum Gasteiger partial charge on any atom is 0.334 e. The van der Waals surface area contributed by atoms with Gasteiger partial charge >= 0.3 is 5.97 Å². The second kappa shape index (κ2) is 3.50. The minimum atomic E-state index is -0.317. The summed E-state index contributed by atoms with van der Waals surface area (Å²) in [5.41, 5.74) is 0.287. The Labute approximate surface area is 78.7 Å². The predicted octanol–water partition coefficient (Wildman–Crippen LogP) is 1.53. The van der Waals surface area contributed by atoms with Crippen molar-refractivity contribution in [3.05, 3.63) is 12.2 Å². The third kappa shape index (κ3) is 3.19. The molecule has 1 heterocycles. The molecule has 0 N–H and O–H groups in total. The summed E-state index contributed by atoms with van der Waals surface area (Å²) in [6.45, 7) is 10.6. The number of rotatable bonds is 3. The van der Waals surface area contributed by atoms with E-state index in [1.807, 2.05) is 20.8 Å². The second-order valence-electron chi connectivity index (χ2n) is 4.28. The van der Waals surface area contributed by atoms with Gasteiger partial charge in [0.25, 0.3) is 0 Å². The summed E-state index contributed by atoms with van der Waals surface area (Å²) in [6, 6.07) is 0. The molecule has 1 fully saturated rings. The van der Waals surface area contributed by atoms with E-state index >= 15 is 0 Å². The van der Waals surface area contributed by atoms with Crippen molar-refractivity contribution in [3.63, 3.8) is 0 Å². The zero-order chi connectivity index (χ0) is 10.1. The molecule has 1 rings (SSSR count). The Balaban J connectivity index is 2.33. The van der Waals surface area contributed by atoms with Crippen molar-refractivity contribution in [2.75, 3.05) is 13.2 Å². The summed E-state index contributed by atoms with van der Waals surface area (Å²) in [5.74, 6) is -0.317. The van der Waals surface area contributed by atoms with Crippen molar-refractivity contribution >= 4 is 5.97 Å². The second-order valence-corrected chi connectivity index (χ2v) is 4.28. The van der Waals surface area contributed by atoms with E-state index in [0.717, 1.165) is 0 Å². The van der Waals surface area contributed by atoms with Gasteiger partial charge < -0.3 is 9.47 Å². The molecule has 0 bridgehead atoms. The van der Waals surface area contributed by atoms with Gasteiger partial charge in [-0.05, 0) is 5.41 Å². The Hall–Kier alpha value is -0.830. The SMILES string of the molecule is C=C(C(=O)OCC1CO1)C(C)(C)C. The molecule has 13 heavy (non-hydrogen) atoms. The smallest absolute Gasteiger partial charge is 0.334 e. The van der Waals surface area contributed by atoms with Gasteiger partial charge in [0, 0.05) is 5.57 Å². The first-order valence-electron chi connectivity index (χ1n) is 4.39. The average Bonchev–Trinajstić information content (AvgIpc) is 2.80. The molecule has 0 amide bonds. The minimum absolute atomic E-state index is 0.122. The van der Waals surface area contributed by atoms with E-state index in [-0.39, 0.29) is 17.5 Å². The molecule has 3 nitrogen and oxygen atoms in total. The van der Waals surface area contributed by atoms with Crippen LogP contribution in [-0.4, -0.2) is 25.3 Å². The number of hydrogen-bond acceptors (Lipinski definition) is 3. The highest BCUT2D eigenvalue weighted by molar-refractivity contribution is 5.89. The van der Waals surface area contributed by atoms with E-state index in [1.165, 1.54) is 0 Å². The van der Waals surface area contributed by atoms with Crippen LogP contribution in [0.15, 0.2) is 12.2 Å². The fraction of sp³-hybridized carbons (Fsp3) is 0.700. The summed E-state index contributed by atoms with van der Waals surface area (Å²) in [4.78, 5) is 11.3. The third-order valence-corrected chi connectivity index (χ3v) is 1.95. The van der Waals surface area contributed by atoms with Gasteiger partial charge in [-0.3, -0.25) is 0 Å². The molecule has 1 saturated heterocycles. The van der Waals surface area contributed by atoms with E-state index in [0.29, 0.717) is 18.8 Å². The Morgan fingerprint density at radius 1 is 1.62 bits per heavy atom. The first-order valence-corrected chi connectivity index (χ1v) is 4.39. The van der Waals surface area contributed by atoms with Crippen molar-refractivity contribution in [3.8, 4) is 0 Å². The van der Waals surface area contributed by atoms with Crippen molar-refractivity contribution in [1.29, 1.82) is 0 Å². The molecule has 1 aliphatic rings. The lowest BCUT2D eigenvalue weighted by Gasteiger charge is -2.19. The van der Waals surface area contributed by atoms with E-state index in [1.54, 1.807) is 0 Å². The number of carbonyl (C=O) groups excluding carboxylic acids is 1. The molecular formula is C10H16O3. The highest BCUT2D eigenvalue weighted by Gasteiger charge is 2.27. The maximum atomic E-state index is 11.3. The highest BCUT2D eigenvalue weighted by atomic mass is 16.6. The van der Waals surface area contributed by atoms with Crippen LogP contribution in [0.3, 0.4) is 0 Å². The lowest BCUT2D eigenvalue weighted by Crippen LogP contribution is -2.20. The maximum absolute atomic E-state index is 11.3. The molecule has 0 aromatic carbocycles. The molecule has 0 radical (unpaired) electrons. The molecule has 0 saturated carbocycles. The lowest BCUT2D eigenvalue weighted by atomic mass is 9.88. The predicted molar refractivity (Wildman–Crippen MR) is 49.3 cm³/mol. The van der Waals surface area contributed by atoms with Crippen LogP contribution < -0.4 is 0 Å². The Kier molecular flexibility index (Phi) is 2.76. The molecule has 0 aromatic heterocycles. The van der Waals surface area contributed by atoms with Gasteiger partial charge in [-0.2, -0.15) is 0 Å². The fourth-order valence-electron chi connectivity index (χ4n) is 0.726. The standard InChI is InChI=1S/C10H16O3/c1-7(10(2,3)4)9(11)13-6-8-5-12-8/h8H,1,5-6H2,2-4H3. The topological polar surface area (TPSA) is 38.8 Å². The quantitative estimate of drug-likeness (QED) is 0.379. The molecular weight excluding hydrogens is 168 g/mol. The van der Waals surface area contributed by atoms with Gasteiger partial charge in [-0.1, -0.05) is 27.4 Å². The number of ether oxygens (including phenoxy) is 2. The largest absolute Gasteiger partial charge is 0.459 e. The summed E-state index contributed by atoms with van der Waals surface area (Å²) < 4.78 is 9.91. The van der Waals surface area contributed by atoms with E-state index in [9.17, 15) is 4.79 Å². The van der Waals surface area contributed by atoms with E-state index < -0.39 is 0 Å². The van der Waals surface area contributed by atoms with Crippen LogP contribution in [0.25, 0.3) is 0 Å². The minimum Gasteiger partial charge on any atom is -0.459 e. The molecule has 1 unspecified atom stereocenters. The van der Waals surface area contributed by atoms with Gasteiger partial charge in [0.2, 0.25) is 0 Å². The fourth-order valence-corrected chi connectivity index (χ4v) is 0.726. The Bertz CT molecular complexity index is 221. The molecule has 3 heteroatoms. The van der Waals surface area contributed by atoms with Gasteiger partial charge in [0.15, 0.2) is 0 Å². The van der Waals surface area contributed by atoms with Gasteiger partial charge in [0.05, 0.1) is 6.61 Å². The zero-order valence-electron chi connectivity index (χ0n) is 8.42. The monoisotopic (exact) mass is 184 g/mol. The first kappa shape index (κ1) is 10.3. The van der Waals surface area contributed by atoms with Crippen LogP contribution in [-0.2, 0) is 14.3 Å². The van der Waals surface area contributed by atoms with Crippen molar-refractivity contribution in [2.45, 2.75) is 26.9 Å². The molecule has 0 aliphatic carbocycles. The normalized spacial score (nSPS) is 21.0. The zero-order valence-corrected chi connectivity index (χ0v) is 8.42. The van der Waals surface area contributed by atoms with Crippen LogP contribution in [0.2, 0.25) is 0 Å². The number of epoxide rings is 1. The average molecular weight is 184 g/mol. The number of esters is 1. The highest BCUT2D eigenvalue weighted by Crippen LogP contribution is 2.24. The van der Waals surface area contributed by atoms with Gasteiger partial charge in [-0.25, -0.2) is 4.79 Å². The lowest BCUT2D eigenvalue weighted by molar-refractivity contribution is -0.140. The molecule has 1 atom stereocenters. The van der Waals surface area contributed by atoms with Crippen molar-refractivity contribution < 1.29 is 14.3 Å². The van der Waals surface area contributed by atoms with Crippen molar-refractivity contribution in [1.82, 2.24) is 0 Å². The van der Waals surface area contributed by atoms with Crippen LogP contribution in [0.5, 0.6) is 0 Å². The summed E-state index contributed by atoms with van der Waals surface area (Å²) >= 11 is 0. The Morgan fingerprint density at radius 3 is 2.54 bits per heavy atom. The summed E-state index contributed by atoms with van der Waals surface area (Å²) in [5, 5.41) is 0. The van der Waals surface area contributed by atoms with Crippen molar-refractivity contribution in [2.24, 2.45) is 5.41 Å². The van der Waals surface area contributed by atoms with E-state index in [4.69, 9.17) is 9.47 Å². The summed E-state index contributed by atoms with van der Waals surface area (Å²) in [6.07, 6.45) is 0.122. The molecule has 74 valence electrons. The van der Waals surface area contributed by atoms with Crippen LogP contribution in [0, 0.1) is 5.41 Å². The Morgan fingerprint density at radius 2 is 2.15 bits per heavy atom. The molecule has 1 aliphatic heterocycles. The number of hydrogen-bond donors (Lipinski definition) is 0. The first-order chi connectivity index (χ1) is 5.91. The van der Waals surface area contributed by atoms with E-state index in [2.05, 4.69) is 6.58 Å². The molecule has 0 spiro atoms. The third-order valence-electron chi connectivity index (χ3n) is 1.95. The summed E-state index contributed by atoms with van der Waals surface area (Å²) in [7, 11) is 0.